The van der Waals surface area contributed by atoms with Gasteiger partial charge in [-0.05, 0) is 175 Å². The van der Waals surface area contributed by atoms with Crippen molar-refractivity contribution < 1.29 is 9.47 Å². The second-order valence-electron chi connectivity index (χ2n) is 21.9. The van der Waals surface area contributed by atoms with Gasteiger partial charge in [0.05, 0.1) is 24.4 Å². The molecule has 17 atom stereocenters. The molecule has 12 aliphatic rings. The summed E-state index contributed by atoms with van der Waals surface area (Å²) in [5, 5.41) is 0. The van der Waals surface area contributed by atoms with Gasteiger partial charge in [-0.1, -0.05) is 64.2 Å². The van der Waals surface area contributed by atoms with E-state index in [4.69, 9.17) is 9.47 Å². The van der Waals surface area contributed by atoms with E-state index in [0.29, 0.717) is 29.8 Å². The largest absolute Gasteiger partial charge is 0.374 e. The number of hydrogen-bond donors (Lipinski definition) is 0. The average Bonchev–Trinajstić information content (AvgIpc) is 3.74. The summed E-state index contributed by atoms with van der Waals surface area (Å²) in [4.78, 5) is 6.57. The first-order valence-electron chi connectivity index (χ1n) is 24.9. The Labute approximate surface area is 323 Å². The van der Waals surface area contributed by atoms with Gasteiger partial charge in [0.1, 0.15) is 0 Å². The summed E-state index contributed by atoms with van der Waals surface area (Å²) in [5.41, 5.74) is 4.30. The highest BCUT2D eigenvalue weighted by Gasteiger charge is 2.69. The monoisotopic (exact) mass is 725 g/mol. The first kappa shape index (κ1) is 34.5. The molecule has 0 amide bonds. The van der Waals surface area contributed by atoms with Gasteiger partial charge in [0, 0.05) is 41.8 Å². The number of rotatable bonds is 2. The van der Waals surface area contributed by atoms with Crippen molar-refractivity contribution >= 4 is 0 Å². The van der Waals surface area contributed by atoms with Crippen molar-refractivity contribution in [2.45, 2.75) is 247 Å². The van der Waals surface area contributed by atoms with Gasteiger partial charge in [-0.2, -0.15) is 0 Å². The Kier molecular flexibility index (Phi) is 8.96. The summed E-state index contributed by atoms with van der Waals surface area (Å²) < 4.78 is 15.2. The van der Waals surface area contributed by atoms with Crippen molar-refractivity contribution in [2.24, 2.45) is 46.8 Å². The predicted molar refractivity (Wildman–Crippen MR) is 212 cm³/mol. The normalized spacial score (nSPS) is 53.8. The van der Waals surface area contributed by atoms with E-state index in [1.165, 1.54) is 180 Å². The Balaban J connectivity index is 0.945. The SMILES string of the molecule is C1CCC2=C(C1)C1CCCCC1N2C1CCC2OC3CCCCC3C3(C4CCCCC4OC4CCC(N5C6CCCCC6C6CCCCC65)CC43)C2C1. The Bertz CT molecular complexity index is 1350. The molecule has 1 spiro atoms. The van der Waals surface area contributed by atoms with Crippen molar-refractivity contribution in [2.75, 3.05) is 0 Å². The quantitative estimate of drug-likeness (QED) is 0.283. The molecule has 0 N–H and O–H groups in total. The summed E-state index contributed by atoms with van der Waals surface area (Å²) in [7, 11) is 0. The maximum absolute atomic E-state index is 7.60. The smallest absolute Gasteiger partial charge is 0.0614 e. The van der Waals surface area contributed by atoms with Crippen LogP contribution in [0.5, 0.6) is 0 Å². The second kappa shape index (κ2) is 13.8. The van der Waals surface area contributed by atoms with Crippen LogP contribution in [0.2, 0.25) is 0 Å². The Morgan fingerprint density at radius 1 is 0.415 bits per heavy atom. The van der Waals surface area contributed by atoms with Gasteiger partial charge in [-0.25, -0.2) is 0 Å². The minimum atomic E-state index is 0.437. The number of hydrogen-bond acceptors (Lipinski definition) is 4. The molecule has 4 aliphatic heterocycles. The zero-order valence-corrected chi connectivity index (χ0v) is 33.7. The number of fused-ring (bicyclic) bond motifs is 13. The molecule has 4 heteroatoms. The lowest BCUT2D eigenvalue weighted by molar-refractivity contribution is -0.318. The fraction of sp³-hybridized carbons (Fsp3) is 0.959. The van der Waals surface area contributed by atoms with Crippen LogP contribution in [-0.2, 0) is 9.47 Å². The van der Waals surface area contributed by atoms with Crippen LogP contribution in [0.1, 0.15) is 193 Å². The van der Waals surface area contributed by atoms with Crippen molar-refractivity contribution in [1.82, 2.24) is 9.80 Å². The molecule has 3 saturated heterocycles. The van der Waals surface area contributed by atoms with E-state index in [-0.39, 0.29) is 0 Å². The molecule has 17 unspecified atom stereocenters. The average molecular weight is 725 g/mol. The predicted octanol–water partition coefficient (Wildman–Crippen LogP) is 11.4. The third-order valence-electron chi connectivity index (χ3n) is 20.2. The van der Waals surface area contributed by atoms with Crippen LogP contribution >= 0.6 is 0 Å². The molecular weight excluding hydrogens is 649 g/mol. The summed E-state index contributed by atoms with van der Waals surface area (Å²) in [5.74, 6) is 6.01. The van der Waals surface area contributed by atoms with Crippen LogP contribution in [-0.4, -0.2) is 64.4 Å². The van der Waals surface area contributed by atoms with Gasteiger partial charge in [0.25, 0.3) is 0 Å². The summed E-state index contributed by atoms with van der Waals surface area (Å²) in [6.07, 6.45) is 45.6. The summed E-state index contributed by atoms with van der Waals surface area (Å²) >= 11 is 0. The van der Waals surface area contributed by atoms with E-state index in [0.717, 1.165) is 71.6 Å². The molecule has 294 valence electrons. The number of ether oxygens (including phenoxy) is 2. The van der Waals surface area contributed by atoms with E-state index in [9.17, 15) is 0 Å². The highest BCUT2D eigenvalue weighted by atomic mass is 16.5. The van der Waals surface area contributed by atoms with Crippen LogP contribution in [0.4, 0.5) is 0 Å². The molecule has 0 aromatic heterocycles. The minimum absolute atomic E-state index is 0.437. The van der Waals surface area contributed by atoms with E-state index in [1.807, 2.05) is 11.3 Å². The fourth-order valence-corrected chi connectivity index (χ4v) is 18.9. The van der Waals surface area contributed by atoms with Crippen LogP contribution in [0.25, 0.3) is 0 Å². The highest BCUT2D eigenvalue weighted by molar-refractivity contribution is 5.30. The third kappa shape index (κ3) is 5.20. The molecule has 0 radical (unpaired) electrons. The van der Waals surface area contributed by atoms with Crippen LogP contribution < -0.4 is 0 Å². The molecule has 0 bridgehead atoms. The molecule has 8 aliphatic carbocycles. The van der Waals surface area contributed by atoms with Crippen molar-refractivity contribution in [3.05, 3.63) is 11.3 Å². The second-order valence-corrected chi connectivity index (χ2v) is 21.9. The first-order chi connectivity index (χ1) is 26.3. The third-order valence-corrected chi connectivity index (χ3v) is 20.2. The van der Waals surface area contributed by atoms with Gasteiger partial charge < -0.3 is 14.4 Å². The summed E-state index contributed by atoms with van der Waals surface area (Å²) in [6, 6.07) is 4.22. The minimum Gasteiger partial charge on any atom is -0.374 e. The molecular formula is C49H76N2O2. The van der Waals surface area contributed by atoms with Crippen molar-refractivity contribution in [3.8, 4) is 0 Å². The zero-order chi connectivity index (χ0) is 34.7. The van der Waals surface area contributed by atoms with E-state index in [1.54, 1.807) is 12.8 Å². The fourth-order valence-electron chi connectivity index (χ4n) is 18.9. The van der Waals surface area contributed by atoms with Crippen LogP contribution in [0.3, 0.4) is 0 Å². The van der Waals surface area contributed by atoms with Crippen LogP contribution in [0.15, 0.2) is 11.3 Å². The Morgan fingerprint density at radius 2 is 0.925 bits per heavy atom. The van der Waals surface area contributed by atoms with Gasteiger partial charge in [0.2, 0.25) is 0 Å². The molecule has 53 heavy (non-hydrogen) atoms. The first-order valence-corrected chi connectivity index (χ1v) is 24.9. The number of allylic oxidation sites excluding steroid dienone is 1. The number of likely N-dealkylation sites (tertiary alicyclic amines) is 1. The maximum Gasteiger partial charge on any atom is 0.0614 e. The van der Waals surface area contributed by atoms with Gasteiger partial charge in [0.15, 0.2) is 0 Å². The number of nitrogens with zero attached hydrogens (tertiary/aromatic N) is 2. The van der Waals surface area contributed by atoms with Crippen LogP contribution in [0, 0.1) is 46.8 Å². The lowest BCUT2D eigenvalue weighted by Gasteiger charge is -2.71. The summed E-state index contributed by atoms with van der Waals surface area (Å²) in [6.45, 7) is 0. The Morgan fingerprint density at radius 3 is 1.60 bits per heavy atom. The van der Waals surface area contributed by atoms with Gasteiger partial charge in [-0.15, -0.1) is 0 Å². The standard InChI is InChI=1S/C49H76N2O2/c1-7-19-41-33(13-1)34-14-2-8-20-42(34)50(41)31-25-27-47-39(29-31)49(37-17-5-11-23-45(37)52-47)38-18-6-12-24-46(38)53-48-28-26-32(30-40(48)49)51-43-21-9-3-15-35(43)36-16-4-10-22-44(36)51/h31-35,37-43,45-48H,1-30H2. The van der Waals surface area contributed by atoms with Gasteiger partial charge in [-0.3, -0.25) is 4.90 Å². The molecule has 4 heterocycles. The highest BCUT2D eigenvalue weighted by Crippen LogP contribution is 2.69. The molecule has 0 aromatic carbocycles. The van der Waals surface area contributed by atoms with E-state index < -0.39 is 0 Å². The van der Waals surface area contributed by atoms with E-state index in [2.05, 4.69) is 9.80 Å². The zero-order valence-electron chi connectivity index (χ0n) is 33.7. The maximum atomic E-state index is 7.60. The lowest BCUT2D eigenvalue weighted by Crippen LogP contribution is -2.71. The molecule has 4 nitrogen and oxygen atoms in total. The Hall–Kier alpha value is -0.580. The van der Waals surface area contributed by atoms with Crippen molar-refractivity contribution in [3.63, 3.8) is 0 Å². The molecule has 12 rings (SSSR count). The molecule has 7 saturated carbocycles. The molecule has 10 fully saturated rings. The molecule has 0 aromatic rings. The van der Waals surface area contributed by atoms with Gasteiger partial charge >= 0.3 is 0 Å². The topological polar surface area (TPSA) is 24.9 Å². The lowest BCUT2D eigenvalue weighted by atomic mass is 9.41. The van der Waals surface area contributed by atoms with E-state index >= 15 is 0 Å². The van der Waals surface area contributed by atoms with Crippen molar-refractivity contribution in [1.29, 1.82) is 0 Å².